The van der Waals surface area contributed by atoms with Crippen LogP contribution in [0.5, 0.6) is 0 Å². The van der Waals surface area contributed by atoms with E-state index in [1.165, 1.54) is 7.11 Å². The molecule has 1 aliphatic rings. The maximum atomic E-state index is 11.7. The minimum Gasteiger partial charge on any atom is -0.468 e. The highest BCUT2D eigenvalue weighted by molar-refractivity contribution is 5.75. The third-order valence-electron chi connectivity index (χ3n) is 3.40. The Morgan fingerprint density at radius 3 is 2.41 bits per heavy atom. The number of nitrogens with one attached hydrogen (secondary N) is 1. The smallest absolute Gasteiger partial charge is 0.322 e. The summed E-state index contributed by atoms with van der Waals surface area (Å²) >= 11 is 0. The van der Waals surface area contributed by atoms with Crippen LogP contribution < -0.4 is 11.1 Å². The molecule has 17 heavy (non-hydrogen) atoms. The van der Waals surface area contributed by atoms with Crippen LogP contribution in [-0.4, -0.2) is 31.2 Å². The maximum Gasteiger partial charge on any atom is 0.322 e. The van der Waals surface area contributed by atoms with E-state index in [1.54, 1.807) is 0 Å². The van der Waals surface area contributed by atoms with Crippen molar-refractivity contribution in [2.24, 2.45) is 11.7 Å². The van der Waals surface area contributed by atoms with Crippen molar-refractivity contribution < 1.29 is 9.53 Å². The molecular weight excluding hydrogens is 216 g/mol. The van der Waals surface area contributed by atoms with E-state index in [-0.39, 0.29) is 12.0 Å². The molecule has 0 spiro atoms. The van der Waals surface area contributed by atoms with Crippen LogP contribution in [0, 0.1) is 5.92 Å². The molecule has 0 aromatic rings. The number of hydrogen-bond donors (Lipinski definition) is 2. The van der Waals surface area contributed by atoms with E-state index in [1.807, 2.05) is 0 Å². The Bertz CT molecular complexity index is 236. The van der Waals surface area contributed by atoms with Gasteiger partial charge in [0.2, 0.25) is 0 Å². The van der Waals surface area contributed by atoms with Crippen molar-refractivity contribution in [1.82, 2.24) is 5.32 Å². The number of esters is 1. The van der Waals surface area contributed by atoms with E-state index in [0.29, 0.717) is 18.0 Å². The van der Waals surface area contributed by atoms with Gasteiger partial charge in [-0.05, 0) is 38.0 Å². The molecule has 1 aliphatic carbocycles. The van der Waals surface area contributed by atoms with Gasteiger partial charge in [-0.15, -0.1) is 0 Å². The van der Waals surface area contributed by atoms with Gasteiger partial charge in [-0.3, -0.25) is 4.79 Å². The van der Waals surface area contributed by atoms with Crippen LogP contribution in [0.3, 0.4) is 0 Å². The SMILES string of the molecule is COC(=O)C(CC(C)C)NC1CCC(N)CC1. The van der Waals surface area contributed by atoms with Crippen LogP contribution in [0.2, 0.25) is 0 Å². The average Bonchev–Trinajstić information content (AvgIpc) is 2.29. The minimum absolute atomic E-state index is 0.145. The molecule has 0 aliphatic heterocycles. The first-order valence-corrected chi connectivity index (χ1v) is 6.62. The molecule has 0 radical (unpaired) electrons. The average molecular weight is 242 g/mol. The second-order valence-corrected chi connectivity index (χ2v) is 5.48. The summed E-state index contributed by atoms with van der Waals surface area (Å²) in [6, 6.07) is 0.590. The molecule has 4 nitrogen and oxygen atoms in total. The van der Waals surface area contributed by atoms with Gasteiger partial charge in [0, 0.05) is 12.1 Å². The first-order chi connectivity index (χ1) is 8.02. The maximum absolute atomic E-state index is 11.7. The lowest BCUT2D eigenvalue weighted by molar-refractivity contribution is -0.143. The van der Waals surface area contributed by atoms with Crippen LogP contribution in [0.15, 0.2) is 0 Å². The topological polar surface area (TPSA) is 64.3 Å². The third-order valence-corrected chi connectivity index (χ3v) is 3.40. The molecular formula is C13H26N2O2. The molecule has 3 N–H and O–H groups in total. The fourth-order valence-electron chi connectivity index (χ4n) is 2.42. The molecule has 0 aromatic carbocycles. The second kappa shape index (κ2) is 6.97. The van der Waals surface area contributed by atoms with Crippen LogP contribution in [0.25, 0.3) is 0 Å². The van der Waals surface area contributed by atoms with Gasteiger partial charge in [0.1, 0.15) is 6.04 Å². The highest BCUT2D eigenvalue weighted by atomic mass is 16.5. The number of hydrogen-bond acceptors (Lipinski definition) is 4. The number of ether oxygens (including phenoxy) is 1. The molecule has 0 bridgehead atoms. The third kappa shape index (κ3) is 5.04. The quantitative estimate of drug-likeness (QED) is 0.716. The molecule has 1 rings (SSSR count). The molecule has 1 atom stereocenters. The van der Waals surface area contributed by atoms with Gasteiger partial charge in [-0.2, -0.15) is 0 Å². The van der Waals surface area contributed by atoms with Crippen LogP contribution >= 0.6 is 0 Å². The number of carbonyl (C=O) groups excluding carboxylic acids is 1. The number of methoxy groups -OCH3 is 1. The lowest BCUT2D eigenvalue weighted by Gasteiger charge is -2.30. The molecule has 100 valence electrons. The van der Waals surface area contributed by atoms with E-state index in [2.05, 4.69) is 19.2 Å². The van der Waals surface area contributed by atoms with Gasteiger partial charge in [-0.1, -0.05) is 13.8 Å². The largest absolute Gasteiger partial charge is 0.468 e. The predicted molar refractivity (Wildman–Crippen MR) is 68.6 cm³/mol. The number of carbonyl (C=O) groups is 1. The Labute approximate surface area is 104 Å². The van der Waals surface area contributed by atoms with Gasteiger partial charge in [0.05, 0.1) is 7.11 Å². The van der Waals surface area contributed by atoms with Crippen molar-refractivity contribution in [1.29, 1.82) is 0 Å². The Kier molecular flexibility index (Phi) is 5.92. The summed E-state index contributed by atoms with van der Waals surface area (Å²) < 4.78 is 4.85. The summed E-state index contributed by atoms with van der Waals surface area (Å²) in [5, 5.41) is 3.43. The molecule has 1 fully saturated rings. The van der Waals surface area contributed by atoms with Crippen molar-refractivity contribution in [3.05, 3.63) is 0 Å². The van der Waals surface area contributed by atoms with Gasteiger partial charge in [0.15, 0.2) is 0 Å². The van der Waals surface area contributed by atoms with E-state index < -0.39 is 0 Å². The number of nitrogens with two attached hydrogens (primary N) is 1. The predicted octanol–water partition coefficient (Wildman–Crippen LogP) is 1.43. The van der Waals surface area contributed by atoms with E-state index in [0.717, 1.165) is 32.1 Å². The fourth-order valence-corrected chi connectivity index (χ4v) is 2.42. The monoisotopic (exact) mass is 242 g/mol. The van der Waals surface area contributed by atoms with Gasteiger partial charge in [0.25, 0.3) is 0 Å². The lowest BCUT2D eigenvalue weighted by atomic mass is 9.90. The molecule has 4 heteroatoms. The summed E-state index contributed by atoms with van der Waals surface area (Å²) in [4.78, 5) is 11.7. The van der Waals surface area contributed by atoms with Gasteiger partial charge < -0.3 is 15.8 Å². The standard InChI is InChI=1S/C13H26N2O2/c1-9(2)8-12(13(16)17-3)15-11-6-4-10(14)5-7-11/h9-12,15H,4-8,14H2,1-3H3. The van der Waals surface area contributed by atoms with Crippen LogP contribution in [0.4, 0.5) is 0 Å². The summed E-state index contributed by atoms with van der Waals surface area (Å²) in [7, 11) is 1.45. The Balaban J connectivity index is 2.45. The molecule has 1 saturated carbocycles. The van der Waals surface area contributed by atoms with Crippen LogP contribution in [0.1, 0.15) is 46.0 Å². The van der Waals surface area contributed by atoms with Crippen molar-refractivity contribution in [2.75, 3.05) is 7.11 Å². The van der Waals surface area contributed by atoms with E-state index in [4.69, 9.17) is 10.5 Å². The zero-order valence-electron chi connectivity index (χ0n) is 11.2. The van der Waals surface area contributed by atoms with Crippen LogP contribution in [-0.2, 0) is 9.53 Å². The Morgan fingerprint density at radius 2 is 1.94 bits per heavy atom. The van der Waals surface area contributed by atoms with Crippen molar-refractivity contribution in [3.63, 3.8) is 0 Å². The first-order valence-electron chi connectivity index (χ1n) is 6.62. The van der Waals surface area contributed by atoms with Crippen molar-refractivity contribution in [3.8, 4) is 0 Å². The highest BCUT2D eigenvalue weighted by Gasteiger charge is 2.26. The summed E-state index contributed by atoms with van der Waals surface area (Å²) in [5.74, 6) is 0.339. The molecule has 0 amide bonds. The zero-order valence-corrected chi connectivity index (χ0v) is 11.2. The highest BCUT2D eigenvalue weighted by Crippen LogP contribution is 2.18. The number of rotatable bonds is 5. The Morgan fingerprint density at radius 1 is 1.35 bits per heavy atom. The summed E-state index contributed by atoms with van der Waals surface area (Å²) in [6.07, 6.45) is 5.05. The summed E-state index contributed by atoms with van der Waals surface area (Å²) in [6.45, 7) is 4.24. The molecule has 0 saturated heterocycles. The lowest BCUT2D eigenvalue weighted by Crippen LogP contribution is -2.47. The summed E-state index contributed by atoms with van der Waals surface area (Å²) in [5.41, 5.74) is 5.88. The molecule has 1 unspecified atom stereocenters. The first kappa shape index (κ1) is 14.5. The Hall–Kier alpha value is -0.610. The van der Waals surface area contributed by atoms with Crippen molar-refractivity contribution >= 4 is 5.97 Å². The van der Waals surface area contributed by atoms with Gasteiger partial charge >= 0.3 is 5.97 Å². The van der Waals surface area contributed by atoms with Gasteiger partial charge in [-0.25, -0.2) is 0 Å². The molecule has 0 heterocycles. The minimum atomic E-state index is -0.167. The van der Waals surface area contributed by atoms with E-state index in [9.17, 15) is 4.79 Å². The van der Waals surface area contributed by atoms with E-state index >= 15 is 0 Å². The molecule has 0 aromatic heterocycles. The second-order valence-electron chi connectivity index (χ2n) is 5.48. The van der Waals surface area contributed by atoms with Crippen molar-refractivity contribution in [2.45, 2.75) is 64.1 Å². The fraction of sp³-hybridized carbons (Fsp3) is 0.923. The normalized spacial score (nSPS) is 26.9. The zero-order chi connectivity index (χ0) is 12.8.